The van der Waals surface area contributed by atoms with E-state index in [0.717, 1.165) is 11.8 Å². The predicted octanol–water partition coefficient (Wildman–Crippen LogP) is 2.55. The van der Waals surface area contributed by atoms with Crippen LogP contribution in [0.5, 0.6) is 0 Å². The Kier molecular flexibility index (Phi) is 1.95. The van der Waals surface area contributed by atoms with Crippen LogP contribution in [-0.2, 0) is 0 Å². The molecule has 0 aromatic carbocycles. The molecule has 2 saturated carbocycles. The summed E-state index contributed by atoms with van der Waals surface area (Å²) in [5.74, 6) is 1.88. The van der Waals surface area contributed by atoms with Gasteiger partial charge in [0.05, 0.1) is 0 Å². The lowest BCUT2D eigenvalue weighted by atomic mass is 9.49. The highest BCUT2D eigenvalue weighted by molar-refractivity contribution is 5.11. The number of rotatable bonds is 2. The van der Waals surface area contributed by atoms with Crippen LogP contribution in [0.2, 0.25) is 0 Å². The van der Waals surface area contributed by atoms with Gasteiger partial charge < -0.3 is 5.73 Å². The Morgan fingerprint density at radius 3 is 2.50 bits per heavy atom. The molecule has 2 rings (SSSR count). The Morgan fingerprint density at radius 2 is 1.92 bits per heavy atom. The van der Waals surface area contributed by atoms with Gasteiger partial charge in [0.25, 0.3) is 0 Å². The van der Waals surface area contributed by atoms with E-state index in [1.807, 2.05) is 0 Å². The zero-order valence-electron chi connectivity index (χ0n) is 8.34. The van der Waals surface area contributed by atoms with E-state index in [0.29, 0.717) is 11.5 Å². The molecule has 0 radical (unpaired) electrons. The van der Waals surface area contributed by atoms with Gasteiger partial charge in [-0.3, -0.25) is 0 Å². The van der Waals surface area contributed by atoms with Gasteiger partial charge in [-0.2, -0.15) is 0 Å². The third kappa shape index (κ3) is 0.783. The van der Waals surface area contributed by atoms with Crippen LogP contribution < -0.4 is 5.73 Å². The summed E-state index contributed by atoms with van der Waals surface area (Å²) in [7, 11) is 0. The number of nitrogens with two attached hydrogens (primary N) is 1. The van der Waals surface area contributed by atoms with Gasteiger partial charge in [0.2, 0.25) is 0 Å². The first-order valence-corrected chi connectivity index (χ1v) is 5.52. The van der Waals surface area contributed by atoms with Crippen molar-refractivity contribution in [3.05, 3.63) is 0 Å². The monoisotopic (exact) mass is 167 g/mol. The van der Waals surface area contributed by atoms with Crippen molar-refractivity contribution in [1.82, 2.24) is 0 Å². The number of fused-ring (bicyclic) bond motifs is 1. The largest absolute Gasteiger partial charge is 0.327 e. The van der Waals surface area contributed by atoms with Crippen LogP contribution in [0, 0.1) is 17.3 Å². The van der Waals surface area contributed by atoms with Crippen molar-refractivity contribution in [2.75, 3.05) is 0 Å². The molecule has 0 aromatic heterocycles. The fourth-order valence-corrected chi connectivity index (χ4v) is 3.93. The molecule has 70 valence electrons. The van der Waals surface area contributed by atoms with Crippen LogP contribution in [-0.4, -0.2) is 6.04 Å². The average Bonchev–Trinajstić information content (AvgIpc) is 2.52. The summed E-state index contributed by atoms with van der Waals surface area (Å²) in [5.41, 5.74) is 6.81. The summed E-state index contributed by atoms with van der Waals surface area (Å²) in [4.78, 5) is 0. The van der Waals surface area contributed by atoms with Crippen molar-refractivity contribution >= 4 is 0 Å². The molecule has 0 spiro atoms. The zero-order chi connectivity index (χ0) is 8.77. The van der Waals surface area contributed by atoms with E-state index >= 15 is 0 Å². The molecule has 3 atom stereocenters. The van der Waals surface area contributed by atoms with E-state index in [-0.39, 0.29) is 0 Å². The molecule has 0 aromatic rings. The maximum atomic E-state index is 6.26. The Labute approximate surface area is 75.7 Å². The maximum Gasteiger partial charge on any atom is 0.0129 e. The molecule has 2 N–H and O–H groups in total. The van der Waals surface area contributed by atoms with Crippen LogP contribution in [0.3, 0.4) is 0 Å². The minimum atomic E-state index is 0.528. The second-order valence-corrected chi connectivity index (χ2v) is 4.67. The molecule has 0 saturated heterocycles. The Balaban J connectivity index is 2.16. The molecule has 0 bridgehead atoms. The van der Waals surface area contributed by atoms with E-state index in [1.165, 1.54) is 32.1 Å². The van der Waals surface area contributed by atoms with Crippen molar-refractivity contribution in [1.29, 1.82) is 0 Å². The predicted molar refractivity (Wildman–Crippen MR) is 51.8 cm³/mol. The Morgan fingerprint density at radius 1 is 1.25 bits per heavy atom. The summed E-state index contributed by atoms with van der Waals surface area (Å²) < 4.78 is 0. The van der Waals surface area contributed by atoms with E-state index < -0.39 is 0 Å². The second-order valence-electron chi connectivity index (χ2n) is 4.67. The summed E-state index contributed by atoms with van der Waals surface area (Å²) in [5, 5.41) is 0. The maximum absolute atomic E-state index is 6.26. The molecule has 1 nitrogen and oxygen atoms in total. The molecule has 2 fully saturated rings. The summed E-state index contributed by atoms with van der Waals surface area (Å²) >= 11 is 0. The molecular weight excluding hydrogens is 146 g/mol. The van der Waals surface area contributed by atoms with Gasteiger partial charge in [-0.05, 0) is 42.9 Å². The van der Waals surface area contributed by atoms with Crippen LogP contribution in [0.4, 0.5) is 0 Å². The Bertz CT molecular complexity index is 172. The highest BCUT2D eigenvalue weighted by atomic mass is 14.8. The molecule has 0 aliphatic heterocycles. The summed E-state index contributed by atoms with van der Waals surface area (Å²) in [6, 6.07) is 0.528. The van der Waals surface area contributed by atoms with E-state index in [1.54, 1.807) is 0 Å². The van der Waals surface area contributed by atoms with Gasteiger partial charge in [-0.1, -0.05) is 20.3 Å². The lowest BCUT2D eigenvalue weighted by molar-refractivity contribution is -0.0582. The van der Waals surface area contributed by atoms with Crippen molar-refractivity contribution in [3.63, 3.8) is 0 Å². The molecule has 0 heterocycles. The fourth-order valence-electron chi connectivity index (χ4n) is 3.93. The second kappa shape index (κ2) is 2.73. The molecule has 2 aliphatic carbocycles. The van der Waals surface area contributed by atoms with Crippen LogP contribution in [0.1, 0.15) is 46.0 Å². The summed E-state index contributed by atoms with van der Waals surface area (Å²) in [6.07, 6.45) is 6.90. The van der Waals surface area contributed by atoms with Gasteiger partial charge in [-0.15, -0.1) is 0 Å². The van der Waals surface area contributed by atoms with Gasteiger partial charge in [0.1, 0.15) is 0 Å². The van der Waals surface area contributed by atoms with Crippen LogP contribution >= 0.6 is 0 Å². The smallest absolute Gasteiger partial charge is 0.0129 e. The third-order valence-electron chi connectivity index (χ3n) is 4.75. The number of hydrogen-bond acceptors (Lipinski definition) is 1. The van der Waals surface area contributed by atoms with Gasteiger partial charge in [-0.25, -0.2) is 0 Å². The van der Waals surface area contributed by atoms with Crippen LogP contribution in [0.25, 0.3) is 0 Å². The SMILES string of the molecule is CCC1(CC)C(N)C2CCCC21. The van der Waals surface area contributed by atoms with Crippen molar-refractivity contribution in [3.8, 4) is 0 Å². The van der Waals surface area contributed by atoms with Gasteiger partial charge in [0.15, 0.2) is 0 Å². The number of hydrogen-bond donors (Lipinski definition) is 1. The quantitative estimate of drug-likeness (QED) is 0.672. The molecule has 2 aliphatic rings. The third-order valence-corrected chi connectivity index (χ3v) is 4.75. The molecular formula is C11H21N. The average molecular weight is 167 g/mol. The molecule has 1 heteroatoms. The molecule has 3 unspecified atom stereocenters. The van der Waals surface area contributed by atoms with Gasteiger partial charge in [0, 0.05) is 6.04 Å². The minimum absolute atomic E-state index is 0.528. The molecule has 12 heavy (non-hydrogen) atoms. The Hall–Kier alpha value is -0.0400. The first kappa shape index (κ1) is 8.55. The van der Waals surface area contributed by atoms with Crippen molar-refractivity contribution in [2.24, 2.45) is 23.0 Å². The topological polar surface area (TPSA) is 26.0 Å². The van der Waals surface area contributed by atoms with Crippen molar-refractivity contribution in [2.45, 2.75) is 52.0 Å². The minimum Gasteiger partial charge on any atom is -0.327 e. The fraction of sp³-hybridized carbons (Fsp3) is 1.00. The highest BCUT2D eigenvalue weighted by Gasteiger charge is 2.58. The normalized spacial score (nSPS) is 43.8. The zero-order valence-corrected chi connectivity index (χ0v) is 8.34. The van der Waals surface area contributed by atoms with E-state index in [9.17, 15) is 0 Å². The first-order valence-electron chi connectivity index (χ1n) is 5.52. The lowest BCUT2D eigenvalue weighted by Gasteiger charge is -2.58. The summed E-state index contributed by atoms with van der Waals surface area (Å²) in [6.45, 7) is 4.63. The van der Waals surface area contributed by atoms with E-state index in [4.69, 9.17) is 5.73 Å². The van der Waals surface area contributed by atoms with Crippen LogP contribution in [0.15, 0.2) is 0 Å². The first-order chi connectivity index (χ1) is 5.76. The molecule has 0 amide bonds. The lowest BCUT2D eigenvalue weighted by Crippen LogP contribution is -2.62. The standard InChI is InChI=1S/C11H21N/c1-3-11(4-2)9-7-5-6-8(9)10(11)12/h8-10H,3-7,12H2,1-2H3. The van der Waals surface area contributed by atoms with Gasteiger partial charge >= 0.3 is 0 Å². The van der Waals surface area contributed by atoms with E-state index in [2.05, 4.69) is 13.8 Å². The highest BCUT2D eigenvalue weighted by Crippen LogP contribution is 2.61. The van der Waals surface area contributed by atoms with Crippen molar-refractivity contribution < 1.29 is 0 Å².